The van der Waals surface area contributed by atoms with Crippen LogP contribution >= 0.6 is 23.2 Å². The molecule has 1 aromatic heterocycles. The number of benzene rings is 1. The van der Waals surface area contributed by atoms with Crippen molar-refractivity contribution in [3.05, 3.63) is 33.2 Å². The molecule has 3 nitrogen and oxygen atoms in total. The van der Waals surface area contributed by atoms with Crippen LogP contribution in [0.4, 0.5) is 10.1 Å². The summed E-state index contributed by atoms with van der Waals surface area (Å²) >= 11 is 12.1. The summed E-state index contributed by atoms with van der Waals surface area (Å²) in [6.45, 7) is 3.94. The summed E-state index contributed by atoms with van der Waals surface area (Å²) in [5, 5.41) is 3.92. The summed E-state index contributed by atoms with van der Waals surface area (Å²) in [4.78, 5) is 4.59. The van der Waals surface area contributed by atoms with Gasteiger partial charge in [0.2, 0.25) is 0 Å². The lowest BCUT2D eigenvalue weighted by molar-refractivity contribution is 0.110. The maximum Gasteiger partial charge on any atom is 0.161 e. The molecule has 0 amide bonds. The van der Waals surface area contributed by atoms with Crippen LogP contribution in [-0.2, 0) is 17.8 Å². The molecular weight excluding hydrogens is 314 g/mol. The van der Waals surface area contributed by atoms with Crippen LogP contribution < -0.4 is 5.32 Å². The Labute approximate surface area is 132 Å². The highest BCUT2D eigenvalue weighted by molar-refractivity contribution is 6.39. The van der Waals surface area contributed by atoms with Crippen molar-refractivity contribution in [2.24, 2.45) is 0 Å². The summed E-state index contributed by atoms with van der Waals surface area (Å²) in [6, 6.07) is 1.53. The van der Waals surface area contributed by atoms with Crippen molar-refractivity contribution >= 4 is 39.8 Å². The second kappa shape index (κ2) is 5.95. The normalized spacial score (nSPS) is 14.3. The second-order valence-electron chi connectivity index (χ2n) is 5.02. The second-order valence-corrected chi connectivity index (χ2v) is 5.81. The van der Waals surface area contributed by atoms with Crippen molar-refractivity contribution in [3.8, 4) is 0 Å². The first-order valence-corrected chi connectivity index (χ1v) is 7.69. The van der Waals surface area contributed by atoms with E-state index in [2.05, 4.69) is 17.2 Å². The number of fused-ring (bicyclic) bond motifs is 2. The highest BCUT2D eigenvalue weighted by atomic mass is 35.5. The molecule has 0 atom stereocenters. The average Bonchev–Trinajstić information content (AvgIpc) is 2.49. The Hall–Kier alpha value is -1.10. The van der Waals surface area contributed by atoms with E-state index in [1.807, 2.05) is 0 Å². The monoisotopic (exact) mass is 328 g/mol. The minimum absolute atomic E-state index is 0.00606. The molecule has 1 aliphatic rings. The quantitative estimate of drug-likeness (QED) is 0.837. The minimum Gasteiger partial charge on any atom is -0.384 e. The molecule has 0 aliphatic carbocycles. The average molecular weight is 329 g/mol. The Kier molecular flexibility index (Phi) is 4.20. The summed E-state index contributed by atoms with van der Waals surface area (Å²) in [5.74, 6) is -0.608. The molecule has 3 rings (SSSR count). The first-order chi connectivity index (χ1) is 10.1. The standard InChI is InChI=1S/C15H15Cl2FN2O/c1-2-4-19-15-8-7-21-5-3-10(8)20-11-6-9(16)14(18)13(17)12(11)15/h6H,2-5,7H2,1H3,(H,19,20). The van der Waals surface area contributed by atoms with E-state index in [1.165, 1.54) is 6.07 Å². The molecular formula is C15H15Cl2FN2O. The van der Waals surface area contributed by atoms with E-state index in [0.717, 1.165) is 36.3 Å². The Balaban J connectivity index is 2.32. The fourth-order valence-electron chi connectivity index (χ4n) is 2.57. The van der Waals surface area contributed by atoms with Crippen LogP contribution in [0.5, 0.6) is 0 Å². The maximum atomic E-state index is 14.0. The van der Waals surface area contributed by atoms with Gasteiger partial charge in [0.05, 0.1) is 40.2 Å². The van der Waals surface area contributed by atoms with Crippen LogP contribution in [0.15, 0.2) is 6.07 Å². The zero-order valence-electron chi connectivity index (χ0n) is 11.6. The molecule has 0 spiro atoms. The first kappa shape index (κ1) is 14.8. The van der Waals surface area contributed by atoms with E-state index in [1.54, 1.807) is 0 Å². The van der Waals surface area contributed by atoms with Gasteiger partial charge in [0.25, 0.3) is 0 Å². The lowest BCUT2D eigenvalue weighted by atomic mass is 10.0. The third kappa shape index (κ3) is 2.56. The molecule has 0 radical (unpaired) electrons. The van der Waals surface area contributed by atoms with E-state index in [0.29, 0.717) is 24.1 Å². The van der Waals surface area contributed by atoms with E-state index < -0.39 is 5.82 Å². The highest BCUT2D eigenvalue weighted by Crippen LogP contribution is 2.39. The fraction of sp³-hybridized carbons (Fsp3) is 0.400. The SMILES string of the molecule is CCCNc1c2c(nc3cc(Cl)c(F)c(Cl)c13)CCOC2. The van der Waals surface area contributed by atoms with Crippen LogP contribution in [-0.4, -0.2) is 18.1 Å². The third-order valence-electron chi connectivity index (χ3n) is 3.58. The molecule has 0 bridgehead atoms. The van der Waals surface area contributed by atoms with Gasteiger partial charge in [-0.2, -0.15) is 0 Å². The lowest BCUT2D eigenvalue weighted by Crippen LogP contribution is -2.16. The molecule has 1 N–H and O–H groups in total. The van der Waals surface area contributed by atoms with Crippen LogP contribution in [0.1, 0.15) is 24.6 Å². The summed E-state index contributed by atoms with van der Waals surface area (Å²) < 4.78 is 19.6. The van der Waals surface area contributed by atoms with Crippen molar-refractivity contribution < 1.29 is 9.13 Å². The fourth-order valence-corrected chi connectivity index (χ4v) is 3.11. The van der Waals surface area contributed by atoms with Crippen molar-refractivity contribution in [1.82, 2.24) is 4.98 Å². The number of ether oxygens (including phenoxy) is 1. The van der Waals surface area contributed by atoms with Gasteiger partial charge in [0.15, 0.2) is 5.82 Å². The van der Waals surface area contributed by atoms with Gasteiger partial charge >= 0.3 is 0 Å². The maximum absolute atomic E-state index is 14.0. The molecule has 0 saturated heterocycles. The Morgan fingerprint density at radius 3 is 3.00 bits per heavy atom. The molecule has 0 fully saturated rings. The van der Waals surface area contributed by atoms with Crippen molar-refractivity contribution in [2.45, 2.75) is 26.4 Å². The van der Waals surface area contributed by atoms with Gasteiger partial charge in [0.1, 0.15) is 0 Å². The summed E-state index contributed by atoms with van der Waals surface area (Å²) in [7, 11) is 0. The van der Waals surface area contributed by atoms with Crippen molar-refractivity contribution in [3.63, 3.8) is 0 Å². The predicted octanol–water partition coefficient (Wildman–Crippen LogP) is 4.58. The van der Waals surface area contributed by atoms with E-state index in [4.69, 9.17) is 27.9 Å². The topological polar surface area (TPSA) is 34.2 Å². The summed E-state index contributed by atoms with van der Waals surface area (Å²) in [6.07, 6.45) is 1.69. The van der Waals surface area contributed by atoms with Crippen molar-refractivity contribution in [1.29, 1.82) is 0 Å². The number of nitrogens with one attached hydrogen (secondary N) is 1. The van der Waals surface area contributed by atoms with Gasteiger partial charge in [-0.3, -0.25) is 4.98 Å². The Morgan fingerprint density at radius 1 is 1.43 bits per heavy atom. The van der Waals surface area contributed by atoms with Crippen molar-refractivity contribution in [2.75, 3.05) is 18.5 Å². The molecule has 21 heavy (non-hydrogen) atoms. The van der Waals surface area contributed by atoms with Gasteiger partial charge in [0, 0.05) is 23.9 Å². The number of anilines is 1. The number of hydrogen-bond acceptors (Lipinski definition) is 3. The molecule has 0 saturated carbocycles. The third-order valence-corrected chi connectivity index (χ3v) is 4.21. The van der Waals surface area contributed by atoms with E-state index in [-0.39, 0.29) is 10.0 Å². The van der Waals surface area contributed by atoms with Crippen LogP contribution in [0.25, 0.3) is 10.9 Å². The number of pyridine rings is 1. The molecule has 1 aliphatic heterocycles. The van der Waals surface area contributed by atoms with Gasteiger partial charge in [-0.25, -0.2) is 4.39 Å². The smallest absolute Gasteiger partial charge is 0.161 e. The first-order valence-electron chi connectivity index (χ1n) is 6.94. The van der Waals surface area contributed by atoms with E-state index in [9.17, 15) is 4.39 Å². The number of rotatable bonds is 3. The van der Waals surface area contributed by atoms with Gasteiger partial charge in [-0.15, -0.1) is 0 Å². The molecule has 6 heteroatoms. The van der Waals surface area contributed by atoms with E-state index >= 15 is 0 Å². The lowest BCUT2D eigenvalue weighted by Gasteiger charge is -2.22. The van der Waals surface area contributed by atoms with Gasteiger partial charge in [-0.05, 0) is 12.5 Å². The van der Waals surface area contributed by atoms with Crippen LogP contribution in [0.3, 0.4) is 0 Å². The molecule has 2 heterocycles. The minimum atomic E-state index is -0.608. The number of hydrogen-bond donors (Lipinski definition) is 1. The van der Waals surface area contributed by atoms with Gasteiger partial charge < -0.3 is 10.1 Å². The number of aromatic nitrogens is 1. The Morgan fingerprint density at radius 2 is 2.24 bits per heavy atom. The van der Waals surface area contributed by atoms with Crippen LogP contribution in [0, 0.1) is 5.82 Å². The van der Waals surface area contributed by atoms with Crippen LogP contribution in [0.2, 0.25) is 10.0 Å². The molecule has 112 valence electrons. The highest BCUT2D eigenvalue weighted by Gasteiger charge is 2.22. The zero-order valence-corrected chi connectivity index (χ0v) is 13.1. The largest absolute Gasteiger partial charge is 0.384 e. The Bertz CT molecular complexity index is 706. The van der Waals surface area contributed by atoms with Gasteiger partial charge in [-0.1, -0.05) is 30.1 Å². The predicted molar refractivity (Wildman–Crippen MR) is 83.9 cm³/mol. The molecule has 2 aromatic rings. The number of nitrogens with zero attached hydrogens (tertiary/aromatic N) is 1. The molecule has 0 unspecified atom stereocenters. The molecule has 1 aromatic carbocycles. The number of halogens is 3. The zero-order chi connectivity index (χ0) is 15.0. The summed E-state index contributed by atoms with van der Waals surface area (Å²) in [5.41, 5.74) is 3.36.